The molecule has 0 aliphatic carbocycles. The van der Waals surface area contributed by atoms with Gasteiger partial charge in [0.25, 0.3) is 0 Å². The fourth-order valence-corrected chi connectivity index (χ4v) is 1.33. The molecule has 0 aliphatic rings. The van der Waals surface area contributed by atoms with Crippen LogP contribution in [0.1, 0.15) is 5.56 Å². The molecule has 4 heteroatoms. The van der Waals surface area contributed by atoms with E-state index >= 15 is 0 Å². The van der Waals surface area contributed by atoms with E-state index in [1.807, 2.05) is 0 Å². The molecule has 1 unspecified atom stereocenters. The monoisotopic (exact) mass is 190 g/mol. The Balaban J connectivity index is 0.00000121. The maximum Gasteiger partial charge on any atom is 1.00 e. The zero-order chi connectivity index (χ0) is 8.27. The van der Waals surface area contributed by atoms with Crippen LogP contribution in [0.2, 0.25) is 0 Å². The summed E-state index contributed by atoms with van der Waals surface area (Å²) in [6, 6.07) is 6.70. The predicted octanol–water partition coefficient (Wildman–Crippen LogP) is -1.43. The van der Waals surface area contributed by atoms with Crippen molar-refractivity contribution in [3.63, 3.8) is 0 Å². The zero-order valence-electron chi connectivity index (χ0n) is 6.82. The molecule has 0 spiro atoms. The van der Waals surface area contributed by atoms with Crippen LogP contribution in [-0.4, -0.2) is 8.76 Å². The Morgan fingerprint density at radius 2 is 2.00 bits per heavy atom. The molecule has 0 fully saturated rings. The molecule has 0 radical (unpaired) electrons. The molecule has 0 heterocycles. The molecule has 1 atom stereocenters. The van der Waals surface area contributed by atoms with Gasteiger partial charge in [0.1, 0.15) is 0 Å². The Bertz CT molecular complexity index is 299. The van der Waals surface area contributed by atoms with Crippen LogP contribution in [0, 0.1) is 0 Å². The molecule has 2 nitrogen and oxygen atoms in total. The van der Waals surface area contributed by atoms with Gasteiger partial charge >= 0.3 is 29.6 Å². The van der Waals surface area contributed by atoms with E-state index in [1.54, 1.807) is 24.3 Å². The molecule has 12 heavy (non-hydrogen) atoms. The summed E-state index contributed by atoms with van der Waals surface area (Å²) in [5.74, 6) is 0. The normalized spacial score (nSPS) is 11.4. The molecule has 0 bridgehead atoms. The molecular formula is C8H7NaO2S. The van der Waals surface area contributed by atoms with Crippen molar-refractivity contribution < 1.29 is 38.3 Å². The minimum absolute atomic E-state index is 0. The molecule has 1 rings (SSSR count). The molecule has 0 N–H and O–H groups in total. The van der Waals surface area contributed by atoms with E-state index in [0.29, 0.717) is 10.5 Å². The maximum atomic E-state index is 10.5. The van der Waals surface area contributed by atoms with Gasteiger partial charge in [-0.25, -0.2) is 0 Å². The first kappa shape index (κ1) is 12.1. The van der Waals surface area contributed by atoms with Crippen LogP contribution in [0.25, 0.3) is 6.08 Å². The molecular weight excluding hydrogens is 183 g/mol. The van der Waals surface area contributed by atoms with Crippen molar-refractivity contribution in [2.75, 3.05) is 0 Å². The van der Waals surface area contributed by atoms with Gasteiger partial charge in [0.2, 0.25) is 0 Å². The summed E-state index contributed by atoms with van der Waals surface area (Å²) < 4.78 is 21.1. The zero-order valence-corrected chi connectivity index (χ0v) is 9.64. The summed E-state index contributed by atoms with van der Waals surface area (Å²) in [5.41, 5.74) is 0.640. The van der Waals surface area contributed by atoms with Crippen LogP contribution < -0.4 is 29.6 Å². The number of hydrogen-bond acceptors (Lipinski definition) is 2. The average Bonchev–Trinajstić information content (AvgIpc) is 2.04. The van der Waals surface area contributed by atoms with Crippen molar-refractivity contribution in [1.82, 2.24) is 0 Å². The second kappa shape index (κ2) is 5.67. The summed E-state index contributed by atoms with van der Waals surface area (Å²) in [6.07, 6.45) is 1.52. The van der Waals surface area contributed by atoms with E-state index in [-0.39, 0.29) is 29.6 Å². The quantitative estimate of drug-likeness (QED) is 0.424. The molecule has 1 aromatic carbocycles. The van der Waals surface area contributed by atoms with Gasteiger partial charge in [-0.2, -0.15) is 0 Å². The van der Waals surface area contributed by atoms with Crippen molar-refractivity contribution in [3.8, 4) is 0 Å². The molecule has 0 saturated heterocycles. The van der Waals surface area contributed by atoms with Crippen LogP contribution in [0.3, 0.4) is 0 Å². The Labute approximate surface area is 96.3 Å². The smallest absolute Gasteiger partial charge is 0.768 e. The molecule has 0 aliphatic heterocycles. The second-order valence-corrected chi connectivity index (χ2v) is 2.89. The van der Waals surface area contributed by atoms with E-state index in [9.17, 15) is 8.76 Å². The summed E-state index contributed by atoms with van der Waals surface area (Å²) in [6.45, 7) is 3.50. The minimum Gasteiger partial charge on any atom is -0.768 e. The third-order valence-corrected chi connectivity index (χ3v) is 2.05. The van der Waals surface area contributed by atoms with Crippen LogP contribution >= 0.6 is 0 Å². The number of hydrogen-bond donors (Lipinski definition) is 0. The molecule has 0 saturated carbocycles. The standard InChI is InChI=1S/C8H8O2S.Na/c1-2-7-5-3-4-6-8(7)11(9)10;/h2-6H,1H2,(H,9,10);/q;+1/p-1. The fraction of sp³-hybridized carbons (Fsp3) is 0. The SMILES string of the molecule is C=Cc1ccccc1S(=O)[O-].[Na+]. The van der Waals surface area contributed by atoms with E-state index < -0.39 is 11.1 Å². The van der Waals surface area contributed by atoms with E-state index in [1.165, 1.54) is 6.08 Å². The van der Waals surface area contributed by atoms with Gasteiger partial charge in [-0.3, -0.25) is 4.21 Å². The largest absolute Gasteiger partial charge is 1.00 e. The van der Waals surface area contributed by atoms with Crippen molar-refractivity contribution in [2.24, 2.45) is 0 Å². The predicted molar refractivity (Wildman–Crippen MR) is 43.7 cm³/mol. The molecule has 0 aromatic heterocycles. The number of benzene rings is 1. The number of rotatable bonds is 2. The van der Waals surface area contributed by atoms with Gasteiger partial charge in [0.15, 0.2) is 0 Å². The summed E-state index contributed by atoms with van der Waals surface area (Å²) in [7, 11) is 0. The maximum absolute atomic E-state index is 10.5. The van der Waals surface area contributed by atoms with Gasteiger partial charge in [-0.1, -0.05) is 30.9 Å². The van der Waals surface area contributed by atoms with E-state index in [4.69, 9.17) is 0 Å². The Kier molecular flexibility index (Phi) is 5.70. The Hall–Kier alpha value is 0.0700. The Morgan fingerprint density at radius 3 is 2.42 bits per heavy atom. The van der Waals surface area contributed by atoms with Crippen LogP contribution in [-0.2, 0) is 11.1 Å². The first-order valence-electron chi connectivity index (χ1n) is 3.06. The van der Waals surface area contributed by atoms with Crippen molar-refractivity contribution in [2.45, 2.75) is 4.90 Å². The molecule has 1 aromatic rings. The fourth-order valence-electron chi connectivity index (χ4n) is 0.801. The van der Waals surface area contributed by atoms with Gasteiger partial charge in [-0.05, 0) is 22.7 Å². The summed E-state index contributed by atoms with van der Waals surface area (Å²) in [5, 5.41) is 0. The Morgan fingerprint density at radius 1 is 1.42 bits per heavy atom. The van der Waals surface area contributed by atoms with E-state index in [0.717, 1.165) is 0 Å². The first-order chi connectivity index (χ1) is 5.25. The van der Waals surface area contributed by atoms with Crippen molar-refractivity contribution in [1.29, 1.82) is 0 Å². The average molecular weight is 190 g/mol. The third kappa shape index (κ3) is 2.84. The van der Waals surface area contributed by atoms with Gasteiger partial charge in [-0.15, -0.1) is 0 Å². The van der Waals surface area contributed by atoms with Crippen LogP contribution in [0.5, 0.6) is 0 Å². The summed E-state index contributed by atoms with van der Waals surface area (Å²) >= 11 is -2.16. The first-order valence-corrected chi connectivity index (χ1v) is 4.14. The summed E-state index contributed by atoms with van der Waals surface area (Å²) in [4.78, 5) is 0.294. The topological polar surface area (TPSA) is 40.1 Å². The van der Waals surface area contributed by atoms with Gasteiger partial charge < -0.3 is 4.55 Å². The molecule has 0 amide bonds. The third-order valence-electron chi connectivity index (χ3n) is 1.32. The van der Waals surface area contributed by atoms with Gasteiger partial charge in [0.05, 0.1) is 0 Å². The van der Waals surface area contributed by atoms with Crippen LogP contribution in [0.4, 0.5) is 0 Å². The molecule has 58 valence electrons. The van der Waals surface area contributed by atoms with Crippen LogP contribution in [0.15, 0.2) is 35.7 Å². The van der Waals surface area contributed by atoms with Crippen molar-refractivity contribution in [3.05, 3.63) is 36.4 Å². The van der Waals surface area contributed by atoms with E-state index in [2.05, 4.69) is 6.58 Å². The minimum atomic E-state index is -2.16. The second-order valence-electron chi connectivity index (χ2n) is 1.98. The van der Waals surface area contributed by atoms with Crippen molar-refractivity contribution >= 4 is 17.2 Å². The van der Waals surface area contributed by atoms with Gasteiger partial charge in [0, 0.05) is 4.90 Å².